The average molecular weight is 498 g/mol. The van der Waals surface area contributed by atoms with Crippen molar-refractivity contribution in [3.63, 3.8) is 0 Å². The highest BCUT2D eigenvalue weighted by atomic mass is 32.2. The van der Waals surface area contributed by atoms with E-state index < -0.39 is 10.0 Å². The zero-order chi connectivity index (χ0) is 25.0. The van der Waals surface area contributed by atoms with Crippen LogP contribution in [0.2, 0.25) is 0 Å². The van der Waals surface area contributed by atoms with Crippen molar-refractivity contribution in [3.8, 4) is 11.1 Å². The van der Waals surface area contributed by atoms with Gasteiger partial charge in [-0.05, 0) is 63.4 Å². The van der Waals surface area contributed by atoms with Crippen molar-refractivity contribution in [3.05, 3.63) is 139 Å². The fourth-order valence-electron chi connectivity index (χ4n) is 5.63. The normalized spacial score (nSPS) is 13.9. The minimum absolute atomic E-state index is 0.330. The summed E-state index contributed by atoms with van der Waals surface area (Å²) in [7, 11) is -3.80. The highest BCUT2D eigenvalue weighted by Crippen LogP contribution is 2.51. The molecule has 0 bridgehead atoms. The van der Waals surface area contributed by atoms with Gasteiger partial charge in [-0.3, -0.25) is 0 Å². The summed E-state index contributed by atoms with van der Waals surface area (Å²) in [5, 5.41) is 4.49. The molecule has 6 aromatic rings. The van der Waals surface area contributed by atoms with Gasteiger partial charge in [-0.25, -0.2) is 12.7 Å². The maximum Gasteiger partial charge on any atom is 0.269 e. The van der Waals surface area contributed by atoms with E-state index in [9.17, 15) is 8.42 Å². The van der Waals surface area contributed by atoms with E-state index in [2.05, 4.69) is 60.7 Å². The number of para-hydroxylation sites is 1. The molecular formula is C33H23NO2S. The Bertz CT molecular complexity index is 1910. The van der Waals surface area contributed by atoms with Crippen LogP contribution in [0.3, 0.4) is 0 Å². The van der Waals surface area contributed by atoms with Gasteiger partial charge in [-0.1, -0.05) is 103 Å². The molecule has 0 radical (unpaired) electrons. The molecule has 0 amide bonds. The highest BCUT2D eigenvalue weighted by Gasteiger charge is 2.37. The molecule has 0 aromatic heterocycles. The van der Waals surface area contributed by atoms with Crippen molar-refractivity contribution >= 4 is 42.9 Å². The van der Waals surface area contributed by atoms with E-state index in [-0.39, 0.29) is 0 Å². The molecule has 4 heteroatoms. The number of anilines is 2. The molecule has 1 aliphatic heterocycles. The quantitative estimate of drug-likeness (QED) is 0.232. The van der Waals surface area contributed by atoms with Crippen molar-refractivity contribution in [1.82, 2.24) is 0 Å². The van der Waals surface area contributed by atoms with Gasteiger partial charge < -0.3 is 0 Å². The monoisotopic (exact) mass is 497 g/mol. The third-order valence-electron chi connectivity index (χ3n) is 7.21. The van der Waals surface area contributed by atoms with E-state index in [4.69, 9.17) is 0 Å². The van der Waals surface area contributed by atoms with Gasteiger partial charge >= 0.3 is 0 Å². The summed E-state index contributed by atoms with van der Waals surface area (Å²) in [5.41, 5.74) is 5.47. The molecule has 1 aliphatic rings. The highest BCUT2D eigenvalue weighted by molar-refractivity contribution is 7.93. The van der Waals surface area contributed by atoms with Crippen LogP contribution in [0.15, 0.2) is 132 Å². The van der Waals surface area contributed by atoms with Crippen molar-refractivity contribution in [2.24, 2.45) is 0 Å². The summed E-state index contributed by atoms with van der Waals surface area (Å²) in [5.74, 6) is 0. The number of benzene rings is 6. The number of hydrogen-bond donors (Lipinski definition) is 0. The summed E-state index contributed by atoms with van der Waals surface area (Å²) in [6, 6.07) is 41.9. The fraction of sp³-hybridized carbons (Fsp3) is 0.0303. The predicted octanol–water partition coefficient (Wildman–Crippen LogP) is 8.09. The Kier molecular flexibility index (Phi) is 4.91. The van der Waals surface area contributed by atoms with E-state index in [1.54, 1.807) is 12.1 Å². The lowest BCUT2D eigenvalue weighted by molar-refractivity contribution is 0.596. The topological polar surface area (TPSA) is 37.4 Å². The zero-order valence-corrected chi connectivity index (χ0v) is 20.8. The van der Waals surface area contributed by atoms with Gasteiger partial charge in [0.25, 0.3) is 10.0 Å². The maximum absolute atomic E-state index is 14.0. The second-order valence-electron chi connectivity index (χ2n) is 9.40. The Labute approximate surface area is 216 Å². The van der Waals surface area contributed by atoms with E-state index in [0.29, 0.717) is 16.3 Å². The van der Waals surface area contributed by atoms with Gasteiger partial charge in [0.2, 0.25) is 0 Å². The molecule has 0 saturated heterocycles. The molecule has 7 rings (SSSR count). The van der Waals surface area contributed by atoms with Gasteiger partial charge in [0, 0.05) is 11.1 Å². The summed E-state index contributed by atoms with van der Waals surface area (Å²) in [6.07, 6.45) is 0.795. The number of hydrogen-bond acceptors (Lipinski definition) is 2. The van der Waals surface area contributed by atoms with E-state index in [1.807, 2.05) is 54.6 Å². The van der Waals surface area contributed by atoms with Crippen LogP contribution in [0, 0.1) is 0 Å². The van der Waals surface area contributed by atoms with E-state index in [0.717, 1.165) is 39.1 Å². The third-order valence-corrected chi connectivity index (χ3v) is 9.01. The van der Waals surface area contributed by atoms with Crippen LogP contribution in [0.25, 0.3) is 32.7 Å². The van der Waals surface area contributed by atoms with Gasteiger partial charge in [0.15, 0.2) is 0 Å². The smallest absolute Gasteiger partial charge is 0.234 e. The SMILES string of the molecule is O=S1(=O)c2ccccc2-c2c(ccc3c(Cc4ccccc4)cc4ccccc4c23)N1c1ccccc1. The van der Waals surface area contributed by atoms with Crippen molar-refractivity contribution < 1.29 is 8.42 Å². The van der Waals surface area contributed by atoms with E-state index >= 15 is 0 Å². The molecule has 0 unspecified atom stereocenters. The number of fused-ring (bicyclic) bond motifs is 7. The van der Waals surface area contributed by atoms with E-state index in [1.165, 1.54) is 15.4 Å². The summed E-state index contributed by atoms with van der Waals surface area (Å²) < 4.78 is 29.5. The molecule has 1 heterocycles. The lowest BCUT2D eigenvalue weighted by Crippen LogP contribution is -2.30. The minimum Gasteiger partial charge on any atom is -0.234 e. The minimum atomic E-state index is -3.80. The molecular weight excluding hydrogens is 474 g/mol. The fourth-order valence-corrected chi connectivity index (χ4v) is 7.33. The van der Waals surface area contributed by atoms with Crippen molar-refractivity contribution in [2.75, 3.05) is 4.31 Å². The van der Waals surface area contributed by atoms with Gasteiger partial charge in [-0.2, -0.15) is 0 Å². The molecule has 0 N–H and O–H groups in total. The average Bonchev–Trinajstić information content (AvgIpc) is 2.94. The first-order valence-corrected chi connectivity index (χ1v) is 13.8. The van der Waals surface area contributed by atoms with Crippen LogP contribution >= 0.6 is 0 Å². The lowest BCUT2D eigenvalue weighted by Gasteiger charge is -2.33. The van der Waals surface area contributed by atoms with Crippen LogP contribution in [0.5, 0.6) is 0 Å². The van der Waals surface area contributed by atoms with Gasteiger partial charge in [-0.15, -0.1) is 0 Å². The van der Waals surface area contributed by atoms with Gasteiger partial charge in [0.1, 0.15) is 0 Å². The van der Waals surface area contributed by atoms with Crippen LogP contribution in [0.4, 0.5) is 11.4 Å². The molecule has 0 aliphatic carbocycles. The van der Waals surface area contributed by atoms with Crippen LogP contribution in [0.1, 0.15) is 11.1 Å². The number of sulfonamides is 1. The number of rotatable bonds is 3. The molecule has 0 spiro atoms. The Hall–Kier alpha value is -4.41. The Balaban J connectivity index is 1.63. The number of nitrogens with zero attached hydrogens (tertiary/aromatic N) is 1. The predicted molar refractivity (Wildman–Crippen MR) is 152 cm³/mol. The Morgan fingerprint density at radius 1 is 0.622 bits per heavy atom. The molecule has 0 fully saturated rings. The molecule has 0 atom stereocenters. The maximum atomic E-state index is 14.0. The first kappa shape index (κ1) is 21.8. The third kappa shape index (κ3) is 3.37. The first-order chi connectivity index (χ1) is 18.1. The molecule has 37 heavy (non-hydrogen) atoms. The van der Waals surface area contributed by atoms with Crippen LogP contribution in [-0.2, 0) is 16.4 Å². The molecule has 3 nitrogen and oxygen atoms in total. The second kappa shape index (κ2) is 8.32. The Morgan fingerprint density at radius 2 is 1.30 bits per heavy atom. The van der Waals surface area contributed by atoms with Crippen LogP contribution < -0.4 is 4.31 Å². The summed E-state index contributed by atoms with van der Waals surface area (Å²) in [4.78, 5) is 0.330. The summed E-state index contributed by atoms with van der Waals surface area (Å²) >= 11 is 0. The molecule has 178 valence electrons. The molecule has 0 saturated carbocycles. The summed E-state index contributed by atoms with van der Waals surface area (Å²) in [6.45, 7) is 0. The standard InChI is InChI=1S/C33H23NO2S/c35-37(36)31-18-10-9-17-29(31)33-30(34(37)26-14-5-2-6-15-26)20-19-28-25(21-23-11-3-1-4-12-23)22-24-13-7-8-16-27(24)32(28)33/h1-20,22H,21H2. The van der Waals surface area contributed by atoms with Crippen molar-refractivity contribution in [2.45, 2.75) is 11.3 Å². The van der Waals surface area contributed by atoms with Gasteiger partial charge in [0.05, 0.1) is 16.3 Å². The second-order valence-corrected chi connectivity index (χ2v) is 11.2. The zero-order valence-electron chi connectivity index (χ0n) is 20.0. The largest absolute Gasteiger partial charge is 0.269 e. The van der Waals surface area contributed by atoms with Crippen LogP contribution in [-0.4, -0.2) is 8.42 Å². The Morgan fingerprint density at radius 3 is 2.11 bits per heavy atom. The lowest BCUT2D eigenvalue weighted by atomic mass is 9.88. The first-order valence-electron chi connectivity index (χ1n) is 12.3. The van der Waals surface area contributed by atoms with Crippen molar-refractivity contribution in [1.29, 1.82) is 0 Å². The molecule has 6 aromatic carbocycles.